The molecule has 0 spiro atoms. The van der Waals surface area contributed by atoms with E-state index in [-0.39, 0.29) is 34.4 Å². The minimum Gasteiger partial charge on any atom is -0.468 e. The van der Waals surface area contributed by atoms with Gasteiger partial charge in [-0.3, -0.25) is 9.59 Å². The fourth-order valence-electron chi connectivity index (χ4n) is 5.22. The van der Waals surface area contributed by atoms with E-state index in [0.717, 1.165) is 47.9 Å². The smallest absolute Gasteiger partial charge is 0.341 e. The maximum Gasteiger partial charge on any atom is 0.341 e. The van der Waals surface area contributed by atoms with Crippen molar-refractivity contribution in [2.45, 2.75) is 45.4 Å². The van der Waals surface area contributed by atoms with E-state index in [1.165, 1.54) is 23.7 Å². The average molecular weight is 672 g/mol. The number of carbonyl (C=O) groups excluding carboxylic acids is 3. The number of rotatable bonds is 9. The fraction of sp³-hybridized carbons (Fsp3) is 0.290. The molecule has 5 rings (SSSR count). The van der Waals surface area contributed by atoms with Gasteiger partial charge in [0, 0.05) is 15.6 Å². The summed E-state index contributed by atoms with van der Waals surface area (Å²) in [6, 6.07) is 10.3. The molecular weight excluding hydrogens is 643 g/mol. The number of thiophene rings is 1. The summed E-state index contributed by atoms with van der Waals surface area (Å²) in [6.07, 6.45) is 5.11. The number of esters is 1. The molecule has 9 nitrogen and oxygen atoms in total. The van der Waals surface area contributed by atoms with Crippen LogP contribution < -0.4 is 16.0 Å². The van der Waals surface area contributed by atoms with Crippen molar-refractivity contribution in [2.75, 3.05) is 23.0 Å². The van der Waals surface area contributed by atoms with Crippen LogP contribution in [0, 0.1) is 11.3 Å². The van der Waals surface area contributed by atoms with Crippen LogP contribution in [-0.4, -0.2) is 30.1 Å². The van der Waals surface area contributed by atoms with E-state index >= 15 is 0 Å². The predicted octanol–water partition coefficient (Wildman–Crippen LogP) is 7.41. The Hall–Kier alpha value is -3.69. The number of carbonyl (C=O) groups is 3. The number of benzene rings is 1. The van der Waals surface area contributed by atoms with Crippen molar-refractivity contribution in [3.63, 3.8) is 0 Å². The molecule has 1 aliphatic heterocycles. The third-order valence-corrected chi connectivity index (χ3v) is 9.92. The van der Waals surface area contributed by atoms with Gasteiger partial charge in [0.15, 0.2) is 0 Å². The normalized spacial score (nSPS) is 16.1. The van der Waals surface area contributed by atoms with Crippen LogP contribution in [0.5, 0.6) is 0 Å². The summed E-state index contributed by atoms with van der Waals surface area (Å²) in [7, 11) is 0. The fourth-order valence-corrected chi connectivity index (χ4v) is 7.86. The van der Waals surface area contributed by atoms with Crippen LogP contribution >= 0.6 is 46.3 Å². The second-order valence-corrected chi connectivity index (χ2v) is 13.0. The van der Waals surface area contributed by atoms with Gasteiger partial charge in [-0.15, -0.1) is 11.3 Å². The molecule has 0 radical (unpaired) electrons. The van der Waals surface area contributed by atoms with Gasteiger partial charge in [0.1, 0.15) is 10.8 Å². The number of anilines is 2. The topological polar surface area (TPSA) is 133 Å². The number of thioether (sulfide) groups is 1. The van der Waals surface area contributed by atoms with Crippen molar-refractivity contribution in [3.8, 4) is 6.07 Å². The van der Waals surface area contributed by atoms with Gasteiger partial charge >= 0.3 is 5.97 Å². The highest BCUT2D eigenvalue weighted by Gasteiger charge is 2.37. The lowest BCUT2D eigenvalue weighted by Crippen LogP contribution is -2.31. The summed E-state index contributed by atoms with van der Waals surface area (Å²) in [5.74, 6) is -1.77. The number of furan rings is 1. The monoisotopic (exact) mass is 670 g/mol. The molecule has 3 N–H and O–H groups in total. The zero-order valence-electron chi connectivity index (χ0n) is 23.8. The molecule has 1 aliphatic carbocycles. The van der Waals surface area contributed by atoms with Crippen molar-refractivity contribution < 1.29 is 23.5 Å². The maximum atomic E-state index is 13.6. The molecule has 228 valence electrons. The minimum absolute atomic E-state index is 0.0571. The molecule has 2 amide bonds. The van der Waals surface area contributed by atoms with Crippen LogP contribution in [0.25, 0.3) is 0 Å². The largest absolute Gasteiger partial charge is 0.468 e. The second-order valence-electron chi connectivity index (χ2n) is 10.0. The Morgan fingerprint density at radius 3 is 2.70 bits per heavy atom. The number of hydrogen-bond acceptors (Lipinski definition) is 9. The van der Waals surface area contributed by atoms with E-state index in [9.17, 15) is 19.6 Å². The standard InChI is InChI=1S/C31H28Cl2N4O5S2/c1-3-41-31(40)27-18-7-4-5-9-23(18)44-30(27)37-24(38)15-43-29-19(14-34)26(22-8-6-12-42-22)25(16(2)35-29)28(39)36-21-11-10-17(32)13-20(21)33/h6,8,10-13,26,35H,3-5,7,9,15H2,1-2H3,(H,36,39)(H,37,38). The number of dihydropyridines is 1. The van der Waals surface area contributed by atoms with Crippen LogP contribution in [0.15, 0.2) is 62.9 Å². The molecule has 2 aliphatic rings. The quantitative estimate of drug-likeness (QED) is 0.200. The number of nitrogens with zero attached hydrogens (tertiary/aromatic N) is 1. The van der Waals surface area contributed by atoms with Crippen molar-refractivity contribution in [1.82, 2.24) is 5.32 Å². The van der Waals surface area contributed by atoms with E-state index in [1.54, 1.807) is 38.1 Å². The number of amides is 2. The Kier molecular flexibility index (Phi) is 10.1. The van der Waals surface area contributed by atoms with Crippen molar-refractivity contribution in [1.29, 1.82) is 5.26 Å². The lowest BCUT2D eigenvalue weighted by Gasteiger charge is -2.28. The first-order chi connectivity index (χ1) is 21.2. The first kappa shape index (κ1) is 31.7. The summed E-state index contributed by atoms with van der Waals surface area (Å²) < 4.78 is 11.0. The number of aryl methyl sites for hydroxylation is 1. The minimum atomic E-state index is -0.840. The van der Waals surface area contributed by atoms with Crippen molar-refractivity contribution in [2.24, 2.45) is 0 Å². The Balaban J connectivity index is 1.38. The molecule has 1 unspecified atom stereocenters. The zero-order chi connectivity index (χ0) is 31.4. The highest BCUT2D eigenvalue weighted by atomic mass is 35.5. The average Bonchev–Trinajstić information content (AvgIpc) is 3.65. The summed E-state index contributed by atoms with van der Waals surface area (Å²) in [5.41, 5.74) is 2.71. The molecule has 44 heavy (non-hydrogen) atoms. The van der Waals surface area contributed by atoms with E-state index in [4.69, 9.17) is 32.4 Å². The third kappa shape index (κ3) is 6.69. The maximum absolute atomic E-state index is 13.6. The van der Waals surface area contributed by atoms with Crippen LogP contribution in [0.1, 0.15) is 59.2 Å². The molecule has 2 aromatic heterocycles. The van der Waals surface area contributed by atoms with Gasteiger partial charge < -0.3 is 25.1 Å². The van der Waals surface area contributed by atoms with Crippen LogP contribution in [0.2, 0.25) is 10.0 Å². The molecule has 0 fully saturated rings. The van der Waals surface area contributed by atoms with Gasteiger partial charge in [0.25, 0.3) is 5.91 Å². The van der Waals surface area contributed by atoms with Crippen molar-refractivity contribution in [3.05, 3.63) is 90.3 Å². The first-order valence-corrected chi connectivity index (χ1v) is 16.4. The first-order valence-electron chi connectivity index (χ1n) is 13.9. The summed E-state index contributed by atoms with van der Waals surface area (Å²) >= 11 is 14.8. The Morgan fingerprint density at radius 1 is 1.20 bits per heavy atom. The number of nitriles is 1. The van der Waals surface area contributed by atoms with Gasteiger partial charge in [0.2, 0.25) is 5.91 Å². The van der Waals surface area contributed by atoms with E-state index in [1.807, 2.05) is 0 Å². The highest BCUT2D eigenvalue weighted by molar-refractivity contribution is 8.03. The number of ether oxygens (including phenoxy) is 1. The van der Waals surface area contributed by atoms with Gasteiger partial charge in [-0.25, -0.2) is 4.79 Å². The predicted molar refractivity (Wildman–Crippen MR) is 173 cm³/mol. The van der Waals surface area contributed by atoms with E-state index in [2.05, 4.69) is 22.0 Å². The second kappa shape index (κ2) is 13.9. The molecule has 13 heteroatoms. The number of hydrogen-bond donors (Lipinski definition) is 3. The van der Waals surface area contributed by atoms with Gasteiger partial charge in [-0.2, -0.15) is 5.26 Å². The molecule has 1 atom stereocenters. The molecule has 0 bridgehead atoms. The summed E-state index contributed by atoms with van der Waals surface area (Å²) in [4.78, 5) is 40.7. The Bertz CT molecular complexity index is 1720. The summed E-state index contributed by atoms with van der Waals surface area (Å²) in [6.45, 7) is 3.70. The number of fused-ring (bicyclic) bond motifs is 1. The zero-order valence-corrected chi connectivity index (χ0v) is 27.0. The van der Waals surface area contributed by atoms with Gasteiger partial charge in [-0.1, -0.05) is 35.0 Å². The molecule has 3 heterocycles. The van der Waals surface area contributed by atoms with Crippen LogP contribution in [0.3, 0.4) is 0 Å². The molecule has 1 aromatic carbocycles. The van der Waals surface area contributed by atoms with Crippen LogP contribution in [-0.2, 0) is 27.2 Å². The van der Waals surface area contributed by atoms with Crippen LogP contribution in [0.4, 0.5) is 10.7 Å². The summed E-state index contributed by atoms with van der Waals surface area (Å²) in [5, 5.41) is 20.7. The molecular formula is C31H28Cl2N4O5S2. The lowest BCUT2D eigenvalue weighted by molar-refractivity contribution is -0.114. The molecule has 0 saturated heterocycles. The SMILES string of the molecule is CCOC(=O)c1c(NC(=O)CSC2=C(C#N)C(c3ccco3)C(C(=O)Nc3ccc(Cl)cc3Cl)=C(C)N2)sc2c1CCCC2. The van der Waals surface area contributed by atoms with E-state index < -0.39 is 17.8 Å². The molecule has 0 saturated carbocycles. The van der Waals surface area contributed by atoms with Gasteiger partial charge in [-0.05, 0) is 75.4 Å². The van der Waals surface area contributed by atoms with E-state index in [0.29, 0.717) is 37.8 Å². The van der Waals surface area contributed by atoms with Crippen molar-refractivity contribution >= 4 is 74.8 Å². The lowest BCUT2D eigenvalue weighted by atomic mass is 9.85. The number of halogens is 2. The van der Waals surface area contributed by atoms with Gasteiger partial charge in [0.05, 0.1) is 63.1 Å². The Morgan fingerprint density at radius 2 is 2.00 bits per heavy atom. The number of allylic oxidation sites excluding steroid dienone is 2. The highest BCUT2D eigenvalue weighted by Crippen LogP contribution is 2.42. The third-order valence-electron chi connectivity index (χ3n) is 7.15. The molecule has 3 aromatic rings. The number of nitrogens with one attached hydrogen (secondary N) is 3. The Labute approximate surface area is 272 Å².